The highest BCUT2D eigenvalue weighted by Gasteiger charge is 2.54. The average Bonchev–Trinajstić information content (AvgIpc) is 2.98. The van der Waals surface area contributed by atoms with Crippen LogP contribution in [0.2, 0.25) is 0 Å². The molecular formula is C33H45N3O6S. The lowest BCUT2D eigenvalue weighted by molar-refractivity contribution is -0.163. The van der Waals surface area contributed by atoms with Crippen molar-refractivity contribution in [3.05, 3.63) is 54.1 Å². The minimum absolute atomic E-state index is 0.0398. The molecule has 234 valence electrons. The van der Waals surface area contributed by atoms with Crippen LogP contribution in [0.25, 0.3) is 0 Å². The minimum atomic E-state index is -3.26. The molecule has 2 amide bonds. The van der Waals surface area contributed by atoms with Crippen LogP contribution in [0.1, 0.15) is 76.7 Å². The number of nitrogens with zero attached hydrogens (tertiary/aromatic N) is 2. The van der Waals surface area contributed by atoms with Gasteiger partial charge in [0.1, 0.15) is 23.1 Å². The third-order valence-electron chi connectivity index (χ3n) is 9.41. The number of piperidine rings is 1. The number of nitrogens with one attached hydrogen (secondary N) is 1. The van der Waals surface area contributed by atoms with Crippen LogP contribution in [0.4, 0.5) is 0 Å². The van der Waals surface area contributed by atoms with Crippen LogP contribution in [0, 0.1) is 0 Å². The largest absolute Gasteiger partial charge is 0.457 e. The Kier molecular flexibility index (Phi) is 9.49. The fraction of sp³-hybridized carbons (Fsp3) is 0.576. The number of piperazine rings is 1. The molecule has 3 fully saturated rings. The van der Waals surface area contributed by atoms with Crippen LogP contribution in [0.5, 0.6) is 11.5 Å². The van der Waals surface area contributed by atoms with Gasteiger partial charge in [0.05, 0.1) is 10.5 Å². The van der Waals surface area contributed by atoms with Gasteiger partial charge in [0, 0.05) is 38.9 Å². The monoisotopic (exact) mass is 611 g/mol. The van der Waals surface area contributed by atoms with Crippen LogP contribution < -0.4 is 10.1 Å². The maximum atomic E-state index is 13.8. The smallest absolute Gasteiger partial charge is 0.246 e. The Morgan fingerprint density at radius 3 is 2.12 bits per heavy atom. The molecule has 1 aliphatic carbocycles. The van der Waals surface area contributed by atoms with E-state index < -0.39 is 27.0 Å². The summed E-state index contributed by atoms with van der Waals surface area (Å²) in [4.78, 5) is 32.0. The molecule has 5 rings (SSSR count). The molecule has 2 heterocycles. The van der Waals surface area contributed by atoms with Crippen LogP contribution in [0.3, 0.4) is 0 Å². The van der Waals surface area contributed by atoms with Crippen molar-refractivity contribution >= 4 is 21.7 Å². The molecule has 0 radical (unpaired) electrons. The van der Waals surface area contributed by atoms with E-state index in [1.807, 2.05) is 29.2 Å². The van der Waals surface area contributed by atoms with E-state index in [2.05, 4.69) is 17.1 Å². The molecule has 1 saturated carbocycles. The van der Waals surface area contributed by atoms with Gasteiger partial charge in [-0.2, -0.15) is 0 Å². The quantitative estimate of drug-likeness (QED) is 0.408. The first kappa shape index (κ1) is 31.5. The van der Waals surface area contributed by atoms with Crippen molar-refractivity contribution < 1.29 is 27.9 Å². The molecule has 1 atom stereocenters. The third-order valence-corrected chi connectivity index (χ3v) is 10.5. The van der Waals surface area contributed by atoms with Crippen LogP contribution in [-0.2, 0) is 26.0 Å². The second-order valence-corrected chi connectivity index (χ2v) is 14.7. The standard InChI is InChI=1S/C33H45N3O6S/c1-3-4-20-36-30(37)29(23-32(39)16-6-5-7-17-32)34-31(38)33(36)18-21-35(22-19-33)24-25-8-10-26(11-9-25)42-27-12-14-28(15-13-27)43(2,40)41/h8-15,29,39H,3-7,16-24H2,1-2H3,(H,34,38)/t29-/m1/s1. The minimum Gasteiger partial charge on any atom is -0.457 e. The second-order valence-electron chi connectivity index (χ2n) is 12.7. The Morgan fingerprint density at radius 2 is 1.53 bits per heavy atom. The Morgan fingerprint density at radius 1 is 0.930 bits per heavy atom. The lowest BCUT2D eigenvalue weighted by Gasteiger charge is -2.52. The van der Waals surface area contributed by atoms with Gasteiger partial charge >= 0.3 is 0 Å². The number of ether oxygens (including phenoxy) is 1. The van der Waals surface area contributed by atoms with E-state index in [0.29, 0.717) is 63.2 Å². The summed E-state index contributed by atoms with van der Waals surface area (Å²) in [6.07, 6.45) is 8.82. The van der Waals surface area contributed by atoms with Gasteiger partial charge < -0.3 is 20.1 Å². The first-order chi connectivity index (χ1) is 20.5. The summed E-state index contributed by atoms with van der Waals surface area (Å²) in [5.41, 5.74) is -0.596. The molecule has 10 heteroatoms. The van der Waals surface area contributed by atoms with E-state index in [1.165, 1.54) is 18.4 Å². The summed E-state index contributed by atoms with van der Waals surface area (Å²) in [6.45, 7) is 4.78. The zero-order valence-electron chi connectivity index (χ0n) is 25.4. The molecule has 0 bridgehead atoms. The number of amides is 2. The summed E-state index contributed by atoms with van der Waals surface area (Å²) in [6, 6.07) is 13.5. The fourth-order valence-corrected chi connectivity index (χ4v) is 7.47. The topological polar surface area (TPSA) is 116 Å². The van der Waals surface area contributed by atoms with Crippen molar-refractivity contribution in [2.24, 2.45) is 0 Å². The SMILES string of the molecule is CCCCN1C(=O)[C@@H](CC2(O)CCCCC2)NC(=O)C12CCN(Cc1ccc(Oc3ccc(S(C)(=O)=O)cc3)cc1)CC2. The molecule has 43 heavy (non-hydrogen) atoms. The number of aliphatic hydroxyl groups is 1. The van der Waals surface area contributed by atoms with E-state index in [-0.39, 0.29) is 16.7 Å². The van der Waals surface area contributed by atoms with E-state index in [4.69, 9.17) is 4.74 Å². The number of hydrogen-bond acceptors (Lipinski definition) is 7. The van der Waals surface area contributed by atoms with Gasteiger partial charge in [-0.05, 0) is 74.1 Å². The highest BCUT2D eigenvalue weighted by Crippen LogP contribution is 2.38. The lowest BCUT2D eigenvalue weighted by Crippen LogP contribution is -2.73. The Bertz CT molecular complexity index is 1380. The fourth-order valence-electron chi connectivity index (χ4n) is 6.84. The molecule has 1 spiro atoms. The summed E-state index contributed by atoms with van der Waals surface area (Å²) >= 11 is 0. The van der Waals surface area contributed by atoms with E-state index >= 15 is 0 Å². The zero-order chi connectivity index (χ0) is 30.7. The van der Waals surface area contributed by atoms with Crippen LogP contribution in [0.15, 0.2) is 53.4 Å². The maximum absolute atomic E-state index is 13.8. The number of rotatable bonds is 10. The molecular weight excluding hydrogens is 566 g/mol. The predicted molar refractivity (Wildman–Crippen MR) is 165 cm³/mol. The zero-order valence-corrected chi connectivity index (χ0v) is 26.2. The predicted octanol–water partition coefficient (Wildman–Crippen LogP) is 4.43. The normalized spacial score (nSPS) is 22.4. The van der Waals surface area contributed by atoms with E-state index in [1.54, 1.807) is 12.1 Å². The van der Waals surface area contributed by atoms with Gasteiger partial charge in [0.15, 0.2) is 9.84 Å². The van der Waals surface area contributed by atoms with Crippen molar-refractivity contribution in [3.8, 4) is 11.5 Å². The molecule has 0 unspecified atom stereocenters. The number of unbranched alkanes of at least 4 members (excludes halogenated alkanes) is 1. The van der Waals surface area contributed by atoms with Crippen molar-refractivity contribution in [1.82, 2.24) is 15.1 Å². The maximum Gasteiger partial charge on any atom is 0.246 e. The van der Waals surface area contributed by atoms with Crippen molar-refractivity contribution in [2.45, 2.75) is 99.8 Å². The second kappa shape index (κ2) is 13.0. The number of benzene rings is 2. The molecule has 2 aromatic rings. The Labute approximate surface area is 255 Å². The highest BCUT2D eigenvalue weighted by atomic mass is 32.2. The van der Waals surface area contributed by atoms with Gasteiger partial charge in [0.25, 0.3) is 0 Å². The summed E-state index contributed by atoms with van der Waals surface area (Å²) in [5, 5.41) is 14.2. The van der Waals surface area contributed by atoms with E-state index in [9.17, 15) is 23.1 Å². The summed E-state index contributed by atoms with van der Waals surface area (Å²) in [5.74, 6) is 1.11. The highest BCUT2D eigenvalue weighted by molar-refractivity contribution is 7.90. The lowest BCUT2D eigenvalue weighted by atomic mass is 9.77. The molecule has 2 N–H and O–H groups in total. The van der Waals surface area contributed by atoms with Gasteiger partial charge in [-0.1, -0.05) is 44.7 Å². The number of carbonyl (C=O) groups is 2. The van der Waals surface area contributed by atoms with Gasteiger partial charge in [-0.3, -0.25) is 14.5 Å². The number of sulfone groups is 1. The summed E-state index contributed by atoms with van der Waals surface area (Å²) < 4.78 is 29.3. The number of likely N-dealkylation sites (tertiary alicyclic amines) is 1. The molecule has 2 saturated heterocycles. The van der Waals surface area contributed by atoms with Crippen LogP contribution in [-0.4, -0.2) is 78.2 Å². The first-order valence-corrected chi connectivity index (χ1v) is 17.5. The summed E-state index contributed by atoms with van der Waals surface area (Å²) in [7, 11) is -3.26. The molecule has 0 aromatic heterocycles. The molecule has 9 nitrogen and oxygen atoms in total. The van der Waals surface area contributed by atoms with Crippen molar-refractivity contribution in [3.63, 3.8) is 0 Å². The van der Waals surface area contributed by atoms with Gasteiger partial charge in [-0.25, -0.2) is 8.42 Å². The third kappa shape index (κ3) is 7.24. The molecule has 3 aliphatic rings. The first-order valence-electron chi connectivity index (χ1n) is 15.7. The van der Waals surface area contributed by atoms with Crippen molar-refractivity contribution in [1.29, 1.82) is 0 Å². The molecule has 2 aromatic carbocycles. The van der Waals surface area contributed by atoms with Crippen molar-refractivity contribution in [2.75, 3.05) is 25.9 Å². The Balaban J connectivity index is 1.19. The Hall–Kier alpha value is -2.95. The van der Waals surface area contributed by atoms with E-state index in [0.717, 1.165) is 44.2 Å². The number of carbonyl (C=O) groups excluding carboxylic acids is 2. The molecule has 2 aliphatic heterocycles. The number of hydrogen-bond donors (Lipinski definition) is 2. The van der Waals surface area contributed by atoms with Crippen LogP contribution >= 0.6 is 0 Å². The van der Waals surface area contributed by atoms with Gasteiger partial charge in [0.2, 0.25) is 11.8 Å². The van der Waals surface area contributed by atoms with Gasteiger partial charge in [-0.15, -0.1) is 0 Å². The average molecular weight is 612 g/mol.